The van der Waals surface area contributed by atoms with Gasteiger partial charge in [0.05, 0.1) is 18.8 Å². The predicted molar refractivity (Wildman–Crippen MR) is 68.7 cm³/mol. The van der Waals surface area contributed by atoms with Gasteiger partial charge in [0.1, 0.15) is 0 Å². The Balaban J connectivity index is 2.28. The first-order valence-electron chi connectivity index (χ1n) is 6.21. The maximum atomic E-state index is 13.6. The number of carbonyl (C=O) groups is 1. The van der Waals surface area contributed by atoms with E-state index >= 15 is 0 Å². The van der Waals surface area contributed by atoms with Gasteiger partial charge in [0, 0.05) is 12.1 Å². The van der Waals surface area contributed by atoms with Crippen LogP contribution in [0.25, 0.3) is 0 Å². The van der Waals surface area contributed by atoms with Crippen LogP contribution in [-0.2, 0) is 0 Å². The fourth-order valence-electron chi connectivity index (χ4n) is 2.39. The number of aliphatic hydroxyl groups excluding tert-OH is 1. The van der Waals surface area contributed by atoms with E-state index < -0.39 is 17.5 Å². The highest BCUT2D eigenvalue weighted by Gasteiger charge is 2.43. The summed E-state index contributed by atoms with van der Waals surface area (Å²) in [7, 11) is 1.37. The van der Waals surface area contributed by atoms with E-state index in [2.05, 4.69) is 0 Å². The second-order valence-corrected chi connectivity index (χ2v) is 5.26. The number of ether oxygens (including phenoxy) is 1. The first-order valence-corrected chi connectivity index (χ1v) is 6.21. The molecule has 2 rings (SSSR count). The minimum atomic E-state index is -0.631. The minimum absolute atomic E-state index is 0.109. The van der Waals surface area contributed by atoms with Crippen molar-refractivity contribution in [1.29, 1.82) is 0 Å². The molecule has 1 aliphatic heterocycles. The topological polar surface area (TPSA) is 49.8 Å². The van der Waals surface area contributed by atoms with Gasteiger partial charge in [-0.25, -0.2) is 4.39 Å². The van der Waals surface area contributed by atoms with E-state index in [1.165, 1.54) is 25.3 Å². The summed E-state index contributed by atoms with van der Waals surface area (Å²) < 4.78 is 18.4. The van der Waals surface area contributed by atoms with Crippen molar-refractivity contribution in [2.45, 2.75) is 31.9 Å². The first kappa shape index (κ1) is 13.8. The number of benzene rings is 1. The molecule has 1 amide bonds. The normalized spacial score (nSPS) is 21.5. The molecule has 0 saturated carbocycles. The lowest BCUT2D eigenvalue weighted by atomic mass is 9.98. The summed E-state index contributed by atoms with van der Waals surface area (Å²) in [4.78, 5) is 13.9. The van der Waals surface area contributed by atoms with Crippen molar-refractivity contribution >= 4 is 5.91 Å². The number of hydrogen-bond acceptors (Lipinski definition) is 3. The molecule has 104 valence electrons. The lowest BCUT2D eigenvalue weighted by Gasteiger charge is -2.33. The van der Waals surface area contributed by atoms with Crippen molar-refractivity contribution in [3.8, 4) is 5.75 Å². The van der Waals surface area contributed by atoms with Crippen LogP contribution in [0.15, 0.2) is 18.2 Å². The van der Waals surface area contributed by atoms with Gasteiger partial charge in [0.15, 0.2) is 11.6 Å². The predicted octanol–water partition coefficient (Wildman–Crippen LogP) is 1.82. The monoisotopic (exact) mass is 267 g/mol. The van der Waals surface area contributed by atoms with E-state index in [-0.39, 0.29) is 17.2 Å². The van der Waals surface area contributed by atoms with Gasteiger partial charge < -0.3 is 14.7 Å². The zero-order chi connectivity index (χ0) is 14.2. The highest BCUT2D eigenvalue weighted by molar-refractivity contribution is 5.95. The molecule has 0 aromatic heterocycles. The molecule has 1 N–H and O–H groups in total. The maximum absolute atomic E-state index is 13.6. The molecular weight excluding hydrogens is 249 g/mol. The fourth-order valence-corrected chi connectivity index (χ4v) is 2.39. The van der Waals surface area contributed by atoms with E-state index in [0.29, 0.717) is 13.0 Å². The van der Waals surface area contributed by atoms with Gasteiger partial charge >= 0.3 is 0 Å². The Kier molecular flexibility index (Phi) is 3.49. The van der Waals surface area contributed by atoms with Crippen LogP contribution in [0.3, 0.4) is 0 Å². The summed E-state index contributed by atoms with van der Waals surface area (Å²) in [5, 5.41) is 9.87. The lowest BCUT2D eigenvalue weighted by Crippen LogP contribution is -2.48. The van der Waals surface area contributed by atoms with Crippen molar-refractivity contribution in [3.05, 3.63) is 29.6 Å². The minimum Gasteiger partial charge on any atom is -0.494 e. The highest BCUT2D eigenvalue weighted by Crippen LogP contribution is 2.31. The third kappa shape index (κ3) is 2.30. The summed E-state index contributed by atoms with van der Waals surface area (Å²) in [6, 6.07) is 4.13. The average Bonchev–Trinajstić information content (AvgIpc) is 2.63. The zero-order valence-electron chi connectivity index (χ0n) is 11.3. The van der Waals surface area contributed by atoms with Crippen LogP contribution >= 0.6 is 0 Å². The second kappa shape index (κ2) is 4.81. The van der Waals surface area contributed by atoms with Gasteiger partial charge in [-0.05, 0) is 38.5 Å². The Morgan fingerprint density at radius 2 is 2.21 bits per heavy atom. The standard InChI is InChI=1S/C14H18FNO3/c1-14(2)12(17)6-7-16(14)13(18)9-4-5-11(19-3)10(15)8-9/h4-5,8,12,17H,6-7H2,1-3H3. The molecule has 19 heavy (non-hydrogen) atoms. The molecule has 1 atom stereocenters. The van der Waals surface area contributed by atoms with Gasteiger partial charge in [-0.15, -0.1) is 0 Å². The number of rotatable bonds is 2. The van der Waals surface area contributed by atoms with Crippen LogP contribution in [0, 0.1) is 5.82 Å². The molecule has 0 aliphatic carbocycles. The van der Waals surface area contributed by atoms with E-state index in [4.69, 9.17) is 4.74 Å². The number of carbonyl (C=O) groups excluding carboxylic acids is 1. The van der Waals surface area contributed by atoms with Gasteiger partial charge in [-0.1, -0.05) is 0 Å². The number of hydrogen-bond donors (Lipinski definition) is 1. The van der Waals surface area contributed by atoms with E-state index in [1.54, 1.807) is 4.90 Å². The van der Waals surface area contributed by atoms with Crippen molar-refractivity contribution in [1.82, 2.24) is 4.90 Å². The SMILES string of the molecule is COc1ccc(C(=O)N2CCC(O)C2(C)C)cc1F. The molecule has 0 spiro atoms. The summed E-state index contributed by atoms with van der Waals surface area (Å²) >= 11 is 0. The second-order valence-electron chi connectivity index (χ2n) is 5.26. The maximum Gasteiger partial charge on any atom is 0.254 e. The molecule has 0 bridgehead atoms. The number of amides is 1. The van der Waals surface area contributed by atoms with Gasteiger partial charge in [0.2, 0.25) is 0 Å². The molecule has 1 aliphatic rings. The number of methoxy groups -OCH3 is 1. The first-order chi connectivity index (χ1) is 8.87. The van der Waals surface area contributed by atoms with E-state index in [0.717, 1.165) is 0 Å². The largest absolute Gasteiger partial charge is 0.494 e. The third-order valence-electron chi connectivity index (χ3n) is 3.78. The Morgan fingerprint density at radius 3 is 2.68 bits per heavy atom. The Bertz CT molecular complexity index is 501. The van der Waals surface area contributed by atoms with Crippen LogP contribution in [0.1, 0.15) is 30.6 Å². The number of likely N-dealkylation sites (tertiary alicyclic amines) is 1. The Morgan fingerprint density at radius 1 is 1.53 bits per heavy atom. The van der Waals surface area contributed by atoms with Crippen LogP contribution < -0.4 is 4.74 Å². The molecular formula is C14H18FNO3. The van der Waals surface area contributed by atoms with Gasteiger partial charge in [-0.3, -0.25) is 4.79 Å². The number of halogens is 1. The molecule has 1 fully saturated rings. The Hall–Kier alpha value is -1.62. The fraction of sp³-hybridized carbons (Fsp3) is 0.500. The van der Waals surface area contributed by atoms with Gasteiger partial charge in [-0.2, -0.15) is 0 Å². The quantitative estimate of drug-likeness (QED) is 0.889. The van der Waals surface area contributed by atoms with Crippen LogP contribution in [0.4, 0.5) is 4.39 Å². The van der Waals surface area contributed by atoms with E-state index in [1.807, 2.05) is 13.8 Å². The van der Waals surface area contributed by atoms with Crippen molar-refractivity contribution in [3.63, 3.8) is 0 Å². The molecule has 1 heterocycles. The average molecular weight is 267 g/mol. The number of nitrogens with zero attached hydrogens (tertiary/aromatic N) is 1. The zero-order valence-corrected chi connectivity index (χ0v) is 11.3. The summed E-state index contributed by atoms with van der Waals surface area (Å²) in [5.41, 5.74) is -0.367. The van der Waals surface area contributed by atoms with Crippen molar-refractivity contribution in [2.24, 2.45) is 0 Å². The third-order valence-corrected chi connectivity index (χ3v) is 3.78. The molecule has 1 aromatic rings. The molecule has 1 unspecified atom stereocenters. The lowest BCUT2D eigenvalue weighted by molar-refractivity contribution is 0.0394. The summed E-state index contributed by atoms with van der Waals surface area (Å²) in [6.45, 7) is 4.09. The highest BCUT2D eigenvalue weighted by atomic mass is 19.1. The van der Waals surface area contributed by atoms with Gasteiger partial charge in [0.25, 0.3) is 5.91 Å². The molecule has 4 nitrogen and oxygen atoms in total. The van der Waals surface area contributed by atoms with Crippen LogP contribution in [0.5, 0.6) is 5.75 Å². The molecule has 1 saturated heterocycles. The smallest absolute Gasteiger partial charge is 0.254 e. The molecule has 5 heteroatoms. The molecule has 0 radical (unpaired) electrons. The summed E-state index contributed by atoms with van der Waals surface area (Å²) in [6.07, 6.45) is -0.0169. The van der Waals surface area contributed by atoms with Crippen molar-refractivity contribution < 1.29 is 19.0 Å². The van der Waals surface area contributed by atoms with E-state index in [9.17, 15) is 14.3 Å². The van der Waals surface area contributed by atoms with Crippen LogP contribution in [0.2, 0.25) is 0 Å². The van der Waals surface area contributed by atoms with Crippen LogP contribution in [-0.4, -0.2) is 41.2 Å². The number of aliphatic hydroxyl groups is 1. The molecule has 1 aromatic carbocycles. The summed E-state index contributed by atoms with van der Waals surface area (Å²) in [5.74, 6) is -0.730. The Labute approximate surface area is 111 Å². The van der Waals surface area contributed by atoms with Crippen molar-refractivity contribution in [2.75, 3.05) is 13.7 Å².